The van der Waals surface area contributed by atoms with Crippen molar-refractivity contribution in [3.05, 3.63) is 23.8 Å². The molecule has 1 fully saturated rings. The summed E-state index contributed by atoms with van der Waals surface area (Å²) in [7, 11) is 0. The average molecular weight is 358 g/mol. The van der Waals surface area contributed by atoms with Gasteiger partial charge in [-0.25, -0.2) is 0 Å². The number of ketones is 1. The van der Waals surface area contributed by atoms with Crippen molar-refractivity contribution in [2.45, 2.75) is 57.9 Å². The summed E-state index contributed by atoms with van der Waals surface area (Å²) in [6, 6.07) is 5.23. The lowest BCUT2D eigenvalue weighted by atomic mass is 10.1. The predicted octanol–water partition coefficient (Wildman–Crippen LogP) is 2.84. The van der Waals surface area contributed by atoms with Crippen LogP contribution in [0.4, 0.5) is 5.69 Å². The van der Waals surface area contributed by atoms with Crippen LogP contribution in [0.1, 0.15) is 62.2 Å². The van der Waals surface area contributed by atoms with Gasteiger partial charge in [0.2, 0.25) is 5.91 Å². The number of rotatable bonds is 5. The standard InChI is InChI=1S/C20H26N2O4/c1-2-17(23)14-9-10-18-16(11-14)22(20(25)13-26-18)12-19(24)21-15-7-5-3-4-6-8-15/h9-11,15H,2-8,12-13H2,1H3,(H,21,24). The first-order chi connectivity index (χ1) is 12.6. The van der Waals surface area contributed by atoms with Gasteiger partial charge in [-0.2, -0.15) is 0 Å². The summed E-state index contributed by atoms with van der Waals surface area (Å²) in [4.78, 5) is 38.2. The van der Waals surface area contributed by atoms with Crippen molar-refractivity contribution in [3.63, 3.8) is 0 Å². The molecule has 6 heteroatoms. The maximum absolute atomic E-state index is 12.5. The molecule has 0 radical (unpaired) electrons. The predicted molar refractivity (Wildman–Crippen MR) is 98.5 cm³/mol. The Kier molecular flexibility index (Phi) is 5.91. The Labute approximate surface area is 153 Å². The van der Waals surface area contributed by atoms with Crippen LogP contribution < -0.4 is 15.0 Å². The molecule has 0 saturated heterocycles. The largest absolute Gasteiger partial charge is 0.482 e. The Hall–Kier alpha value is -2.37. The van der Waals surface area contributed by atoms with Gasteiger partial charge < -0.3 is 10.1 Å². The lowest BCUT2D eigenvalue weighted by Crippen LogP contribution is -2.47. The molecule has 1 aliphatic carbocycles. The second-order valence-corrected chi connectivity index (χ2v) is 6.98. The number of ether oxygens (including phenoxy) is 1. The summed E-state index contributed by atoms with van der Waals surface area (Å²) < 4.78 is 5.45. The Balaban J connectivity index is 1.73. The van der Waals surface area contributed by atoms with Gasteiger partial charge in [0.1, 0.15) is 12.3 Å². The molecule has 6 nitrogen and oxygen atoms in total. The highest BCUT2D eigenvalue weighted by atomic mass is 16.5. The van der Waals surface area contributed by atoms with E-state index in [2.05, 4.69) is 5.32 Å². The van der Waals surface area contributed by atoms with Gasteiger partial charge in [-0.1, -0.05) is 32.6 Å². The van der Waals surface area contributed by atoms with Crippen molar-refractivity contribution >= 4 is 23.3 Å². The number of nitrogens with one attached hydrogen (secondary N) is 1. The lowest BCUT2D eigenvalue weighted by molar-refractivity contribution is -0.125. The molecule has 2 amide bonds. The number of hydrogen-bond acceptors (Lipinski definition) is 4. The van der Waals surface area contributed by atoms with Crippen LogP contribution in [0.5, 0.6) is 5.75 Å². The highest BCUT2D eigenvalue weighted by Gasteiger charge is 2.28. The zero-order chi connectivity index (χ0) is 18.5. The molecule has 0 atom stereocenters. The summed E-state index contributed by atoms with van der Waals surface area (Å²) in [5.74, 6) is 0.0909. The fourth-order valence-corrected chi connectivity index (χ4v) is 3.59. The molecule has 0 aromatic heterocycles. The number of amides is 2. The summed E-state index contributed by atoms with van der Waals surface area (Å²) in [6.07, 6.45) is 7.07. The second kappa shape index (κ2) is 8.34. The fourth-order valence-electron chi connectivity index (χ4n) is 3.59. The van der Waals surface area contributed by atoms with Gasteiger partial charge in [0.15, 0.2) is 12.4 Å². The number of carbonyl (C=O) groups is 3. The smallest absolute Gasteiger partial charge is 0.265 e. The minimum atomic E-state index is -0.269. The second-order valence-electron chi connectivity index (χ2n) is 6.98. The van der Waals surface area contributed by atoms with Crippen LogP contribution >= 0.6 is 0 Å². The summed E-state index contributed by atoms with van der Waals surface area (Å²) in [6.45, 7) is 1.65. The van der Waals surface area contributed by atoms with Crippen molar-refractivity contribution in [1.82, 2.24) is 5.32 Å². The SMILES string of the molecule is CCC(=O)c1ccc2c(c1)N(CC(=O)NC1CCCCCC1)C(=O)CO2. The van der Waals surface area contributed by atoms with Crippen LogP contribution in [0.15, 0.2) is 18.2 Å². The number of nitrogens with zero attached hydrogens (tertiary/aromatic N) is 1. The molecule has 0 unspecified atom stereocenters. The summed E-state index contributed by atoms with van der Waals surface area (Å²) in [5, 5.41) is 3.07. The maximum atomic E-state index is 12.5. The molecule has 1 aliphatic heterocycles. The van der Waals surface area contributed by atoms with Gasteiger partial charge in [-0.15, -0.1) is 0 Å². The Morgan fingerprint density at radius 3 is 2.62 bits per heavy atom. The quantitative estimate of drug-likeness (QED) is 0.649. The van der Waals surface area contributed by atoms with E-state index in [1.807, 2.05) is 0 Å². The molecule has 2 aliphatic rings. The minimum absolute atomic E-state index is 0.00585. The molecule has 1 aromatic carbocycles. The van der Waals surface area contributed by atoms with E-state index in [9.17, 15) is 14.4 Å². The fraction of sp³-hybridized carbons (Fsp3) is 0.550. The highest BCUT2D eigenvalue weighted by molar-refractivity contribution is 6.04. The lowest BCUT2D eigenvalue weighted by Gasteiger charge is -2.30. The third-order valence-electron chi connectivity index (χ3n) is 5.07. The minimum Gasteiger partial charge on any atom is -0.482 e. The van der Waals surface area contributed by atoms with Crippen LogP contribution in [0.25, 0.3) is 0 Å². The van der Waals surface area contributed by atoms with Crippen molar-refractivity contribution in [2.24, 2.45) is 0 Å². The van der Waals surface area contributed by atoms with E-state index >= 15 is 0 Å². The van der Waals surface area contributed by atoms with E-state index in [1.165, 1.54) is 17.7 Å². The number of hydrogen-bond donors (Lipinski definition) is 1. The molecule has 140 valence electrons. The van der Waals surface area contributed by atoms with Crippen LogP contribution in [0.3, 0.4) is 0 Å². The van der Waals surface area contributed by atoms with Crippen molar-refractivity contribution in [1.29, 1.82) is 0 Å². The zero-order valence-corrected chi connectivity index (χ0v) is 15.3. The van der Waals surface area contributed by atoms with E-state index in [1.54, 1.807) is 25.1 Å². The summed E-state index contributed by atoms with van der Waals surface area (Å²) >= 11 is 0. The number of fused-ring (bicyclic) bond motifs is 1. The molecule has 1 aromatic rings. The van der Waals surface area contributed by atoms with Gasteiger partial charge in [-0.05, 0) is 31.0 Å². The molecule has 0 spiro atoms. The topological polar surface area (TPSA) is 75.7 Å². The first-order valence-corrected chi connectivity index (χ1v) is 9.48. The Morgan fingerprint density at radius 1 is 1.19 bits per heavy atom. The average Bonchev–Trinajstić information content (AvgIpc) is 2.91. The molecular formula is C20H26N2O4. The van der Waals surface area contributed by atoms with Gasteiger partial charge in [0.25, 0.3) is 5.91 Å². The Bertz CT molecular complexity index is 693. The maximum Gasteiger partial charge on any atom is 0.265 e. The first kappa shape index (κ1) is 18.4. The molecule has 1 saturated carbocycles. The van der Waals surface area contributed by atoms with E-state index < -0.39 is 0 Å². The van der Waals surface area contributed by atoms with Crippen molar-refractivity contribution < 1.29 is 19.1 Å². The summed E-state index contributed by atoms with van der Waals surface area (Å²) in [5.41, 5.74) is 1.02. The third kappa shape index (κ3) is 4.23. The first-order valence-electron chi connectivity index (χ1n) is 9.48. The molecule has 0 bridgehead atoms. The van der Waals surface area contributed by atoms with E-state index in [4.69, 9.17) is 4.74 Å². The normalized spacial score (nSPS) is 17.9. The van der Waals surface area contributed by atoms with E-state index in [0.717, 1.165) is 25.7 Å². The van der Waals surface area contributed by atoms with Crippen LogP contribution in [0.2, 0.25) is 0 Å². The van der Waals surface area contributed by atoms with Crippen LogP contribution in [-0.2, 0) is 9.59 Å². The Morgan fingerprint density at radius 2 is 1.92 bits per heavy atom. The number of carbonyl (C=O) groups excluding carboxylic acids is 3. The number of Topliss-reactive ketones (excluding diaryl/α,β-unsaturated/α-hetero) is 1. The highest BCUT2D eigenvalue weighted by Crippen LogP contribution is 2.33. The molecule has 3 rings (SSSR count). The van der Waals surface area contributed by atoms with E-state index in [0.29, 0.717) is 23.4 Å². The molecular weight excluding hydrogens is 332 g/mol. The zero-order valence-electron chi connectivity index (χ0n) is 15.3. The van der Waals surface area contributed by atoms with Gasteiger partial charge in [-0.3, -0.25) is 19.3 Å². The van der Waals surface area contributed by atoms with Gasteiger partial charge in [0, 0.05) is 18.0 Å². The van der Waals surface area contributed by atoms with Gasteiger partial charge in [0.05, 0.1) is 5.69 Å². The monoisotopic (exact) mass is 358 g/mol. The van der Waals surface area contributed by atoms with Crippen molar-refractivity contribution in [3.8, 4) is 5.75 Å². The third-order valence-corrected chi connectivity index (χ3v) is 5.07. The van der Waals surface area contributed by atoms with Crippen LogP contribution in [0, 0.1) is 0 Å². The van der Waals surface area contributed by atoms with Crippen LogP contribution in [-0.4, -0.2) is 36.8 Å². The van der Waals surface area contributed by atoms with Gasteiger partial charge >= 0.3 is 0 Å². The molecule has 1 heterocycles. The number of benzene rings is 1. The molecule has 26 heavy (non-hydrogen) atoms. The van der Waals surface area contributed by atoms with Crippen molar-refractivity contribution in [2.75, 3.05) is 18.1 Å². The molecule has 1 N–H and O–H groups in total. The number of anilines is 1. The van der Waals surface area contributed by atoms with E-state index in [-0.39, 0.29) is 36.8 Å².